The van der Waals surface area contributed by atoms with Crippen molar-refractivity contribution in [1.82, 2.24) is 0 Å². The summed E-state index contributed by atoms with van der Waals surface area (Å²) in [6, 6.07) is 8.37. The van der Waals surface area contributed by atoms with E-state index in [1.54, 1.807) is 0 Å². The third-order valence-corrected chi connectivity index (χ3v) is 7.44. The zero-order valence-electron chi connectivity index (χ0n) is 16.1. The Kier molecular flexibility index (Phi) is 5.41. The molecule has 24 heavy (non-hydrogen) atoms. The van der Waals surface area contributed by atoms with Gasteiger partial charge in [0, 0.05) is 16.5 Å². The van der Waals surface area contributed by atoms with E-state index in [0.29, 0.717) is 5.71 Å². The van der Waals surface area contributed by atoms with Crippen LogP contribution in [0.3, 0.4) is 0 Å². The summed E-state index contributed by atoms with van der Waals surface area (Å²) in [5, 5.41) is 8.50. The molecule has 3 nitrogen and oxygen atoms in total. The van der Waals surface area contributed by atoms with Gasteiger partial charge in [-0.15, -0.1) is 0 Å². The molecule has 4 atom stereocenters. The number of nitrogens with one attached hydrogen (secondary N) is 2. The van der Waals surface area contributed by atoms with Crippen LogP contribution in [-0.2, 0) is 20.6 Å². The minimum Gasteiger partial charge on any atom is -0.309 e. The molecule has 4 heteroatoms. The van der Waals surface area contributed by atoms with Gasteiger partial charge < -0.3 is 5.41 Å². The Morgan fingerprint density at radius 2 is 1.75 bits per heavy atom. The van der Waals surface area contributed by atoms with Gasteiger partial charge in [0.25, 0.3) is 0 Å². The first kappa shape index (κ1) is 19.3. The lowest BCUT2D eigenvalue weighted by molar-refractivity contribution is -0.0634. The highest BCUT2D eigenvalue weighted by Gasteiger charge is 2.53. The number of hydrogen-bond donors (Lipinski definition) is 2. The lowest BCUT2D eigenvalue weighted by atomic mass is 9.59. The lowest BCUT2D eigenvalue weighted by Crippen LogP contribution is -2.57. The summed E-state index contributed by atoms with van der Waals surface area (Å²) in [5.74, 6) is 0.373. The zero-order valence-corrected chi connectivity index (χ0v) is 16.9. The van der Waals surface area contributed by atoms with Crippen molar-refractivity contribution in [2.45, 2.75) is 70.8 Å². The average Bonchev–Trinajstić information content (AvgIpc) is 2.60. The molecule has 0 saturated carbocycles. The molecule has 2 N–H and O–H groups in total. The second-order valence-corrected chi connectivity index (χ2v) is 9.10. The van der Waals surface area contributed by atoms with E-state index < -0.39 is 16.6 Å². The highest BCUT2D eigenvalue weighted by Crippen LogP contribution is 2.49. The van der Waals surface area contributed by atoms with E-state index in [-0.39, 0.29) is 23.2 Å². The average molecular weight is 349 g/mol. The fourth-order valence-electron chi connectivity index (χ4n) is 4.21. The van der Waals surface area contributed by atoms with Crippen LogP contribution in [0.4, 0.5) is 0 Å². The molecule has 2 bridgehead atoms. The third kappa shape index (κ3) is 2.88. The number of fused-ring (bicyclic) bond motifs is 6. The standard InChI is InChI=1S/C20H32N2OS/c1-8-18(21)14(4)20(13(2)3)15(5)19(6,7)16-9-11-17(12-10-16)24(22)23-20/h9-15,21-22H,8H2,1-7H3/t14?,15-,20+,24?/m1/s1. The van der Waals surface area contributed by atoms with Gasteiger partial charge in [-0.3, -0.25) is 8.96 Å². The molecular weight excluding hydrogens is 316 g/mol. The molecule has 0 aromatic heterocycles. The summed E-state index contributed by atoms with van der Waals surface area (Å²) in [7, 11) is -1.03. The van der Waals surface area contributed by atoms with Crippen molar-refractivity contribution in [3.05, 3.63) is 29.8 Å². The van der Waals surface area contributed by atoms with Crippen LogP contribution in [0.15, 0.2) is 29.2 Å². The first-order valence-electron chi connectivity index (χ1n) is 8.91. The van der Waals surface area contributed by atoms with Crippen molar-refractivity contribution in [2.24, 2.45) is 17.8 Å². The van der Waals surface area contributed by atoms with Crippen LogP contribution in [0.25, 0.3) is 0 Å². The van der Waals surface area contributed by atoms with E-state index in [1.807, 2.05) is 19.1 Å². The van der Waals surface area contributed by atoms with Gasteiger partial charge in [-0.05, 0) is 41.4 Å². The maximum absolute atomic E-state index is 8.63. The van der Waals surface area contributed by atoms with Crippen LogP contribution in [0, 0.1) is 27.9 Å². The Labute approximate surface area is 149 Å². The quantitative estimate of drug-likeness (QED) is 0.669. The molecule has 0 radical (unpaired) electrons. The molecule has 0 saturated heterocycles. The summed E-state index contributed by atoms with van der Waals surface area (Å²) < 4.78 is 15.2. The van der Waals surface area contributed by atoms with Crippen LogP contribution in [0.5, 0.6) is 0 Å². The van der Waals surface area contributed by atoms with Gasteiger partial charge in [0.1, 0.15) is 0 Å². The first-order chi connectivity index (χ1) is 11.1. The SMILES string of the molecule is CCC(=N)C(C)[C@]1(C(C)C)OS(=N)c2ccc(cc2)C(C)(C)[C@H]1C. The minimum absolute atomic E-state index is 0.0178. The molecule has 2 aliphatic heterocycles. The molecule has 2 unspecified atom stereocenters. The minimum atomic E-state index is -1.03. The van der Waals surface area contributed by atoms with Crippen LogP contribution in [0.2, 0.25) is 0 Å². The van der Waals surface area contributed by atoms with Gasteiger partial charge in [0.15, 0.2) is 0 Å². The zero-order chi connectivity index (χ0) is 18.3. The predicted molar refractivity (Wildman–Crippen MR) is 103 cm³/mol. The first-order valence-corrected chi connectivity index (χ1v) is 10.1. The highest BCUT2D eigenvalue weighted by molar-refractivity contribution is 7.81. The van der Waals surface area contributed by atoms with E-state index in [4.69, 9.17) is 14.4 Å². The molecule has 134 valence electrons. The second kappa shape index (κ2) is 6.72. The van der Waals surface area contributed by atoms with E-state index >= 15 is 0 Å². The van der Waals surface area contributed by atoms with Gasteiger partial charge in [-0.2, -0.15) is 0 Å². The summed E-state index contributed by atoms with van der Waals surface area (Å²) in [6.45, 7) is 15.3. The topological polar surface area (TPSA) is 56.9 Å². The molecule has 0 fully saturated rings. The molecule has 2 aliphatic rings. The monoisotopic (exact) mass is 348 g/mol. The van der Waals surface area contributed by atoms with Crippen LogP contribution < -0.4 is 0 Å². The van der Waals surface area contributed by atoms with Crippen molar-refractivity contribution in [1.29, 1.82) is 10.2 Å². The Morgan fingerprint density at radius 3 is 2.21 bits per heavy atom. The maximum Gasteiger partial charge on any atom is 0.0976 e. The van der Waals surface area contributed by atoms with Crippen molar-refractivity contribution in [3.63, 3.8) is 0 Å². The van der Waals surface area contributed by atoms with Crippen LogP contribution in [-0.4, -0.2) is 11.3 Å². The molecule has 2 heterocycles. The second-order valence-electron chi connectivity index (χ2n) is 7.93. The molecule has 0 amide bonds. The highest BCUT2D eigenvalue weighted by atomic mass is 32.2. The summed E-state index contributed by atoms with van der Waals surface area (Å²) in [4.78, 5) is 0.920. The van der Waals surface area contributed by atoms with Crippen molar-refractivity contribution in [3.8, 4) is 0 Å². The third-order valence-electron chi connectivity index (χ3n) is 6.28. The van der Waals surface area contributed by atoms with Crippen molar-refractivity contribution >= 4 is 16.7 Å². The van der Waals surface area contributed by atoms with Crippen molar-refractivity contribution in [2.75, 3.05) is 0 Å². The maximum atomic E-state index is 8.63. The van der Waals surface area contributed by atoms with Gasteiger partial charge >= 0.3 is 0 Å². The number of hydrogen-bond acceptors (Lipinski definition) is 3. The summed E-state index contributed by atoms with van der Waals surface area (Å²) in [5.41, 5.74) is 1.36. The van der Waals surface area contributed by atoms with E-state index in [9.17, 15) is 0 Å². The van der Waals surface area contributed by atoms with Gasteiger partial charge in [-0.25, -0.2) is 0 Å². The lowest BCUT2D eigenvalue weighted by Gasteiger charge is -2.51. The van der Waals surface area contributed by atoms with Crippen LogP contribution >= 0.6 is 0 Å². The molecule has 3 rings (SSSR count). The van der Waals surface area contributed by atoms with Crippen molar-refractivity contribution < 1.29 is 4.18 Å². The molecule has 1 aromatic carbocycles. The molecule has 0 aliphatic carbocycles. The van der Waals surface area contributed by atoms with E-state index in [1.165, 1.54) is 5.56 Å². The summed E-state index contributed by atoms with van der Waals surface area (Å²) in [6.07, 6.45) is 0.724. The van der Waals surface area contributed by atoms with Crippen LogP contribution in [0.1, 0.15) is 60.5 Å². The fourth-order valence-corrected chi connectivity index (χ4v) is 5.46. The Hall–Kier alpha value is -1.00. The fraction of sp³-hybridized carbons (Fsp3) is 0.650. The van der Waals surface area contributed by atoms with Gasteiger partial charge in [-0.1, -0.05) is 60.6 Å². The Balaban J connectivity index is 2.72. The largest absolute Gasteiger partial charge is 0.309 e. The molecule has 1 aromatic rings. The van der Waals surface area contributed by atoms with E-state index in [2.05, 4.69) is 53.7 Å². The van der Waals surface area contributed by atoms with E-state index in [0.717, 1.165) is 11.3 Å². The van der Waals surface area contributed by atoms with Gasteiger partial charge in [0.2, 0.25) is 0 Å². The predicted octanol–water partition coefficient (Wildman–Crippen LogP) is 5.75. The normalized spacial score (nSPS) is 30.5. The molecule has 0 spiro atoms. The summed E-state index contributed by atoms with van der Waals surface area (Å²) >= 11 is 0. The Bertz CT molecular complexity index is 636. The Morgan fingerprint density at radius 1 is 1.21 bits per heavy atom. The smallest absolute Gasteiger partial charge is 0.0976 e. The number of rotatable bonds is 4. The van der Waals surface area contributed by atoms with Gasteiger partial charge in [0.05, 0.1) is 16.6 Å². The molecular formula is C20H32N2OS. The number of benzene rings is 1.